The molecule has 0 saturated carbocycles. The van der Waals surface area contributed by atoms with Crippen LogP contribution >= 0.6 is 11.6 Å². The highest BCUT2D eigenvalue weighted by Gasteiger charge is 2.25. The van der Waals surface area contributed by atoms with Crippen LogP contribution in [0.1, 0.15) is 30.4 Å². The largest absolute Gasteiger partial charge is 0.384 e. The molecule has 11 heteroatoms. The first-order valence-electron chi connectivity index (χ1n) is 14.1. The summed E-state index contributed by atoms with van der Waals surface area (Å²) in [7, 11) is 0. The molecule has 5 rings (SSSR count). The molecule has 0 spiro atoms. The van der Waals surface area contributed by atoms with Crippen LogP contribution in [0.3, 0.4) is 0 Å². The number of nitrogens with zero attached hydrogens (tertiary/aromatic N) is 5. The van der Waals surface area contributed by atoms with E-state index >= 15 is 0 Å². The maximum Gasteiger partial charge on any atom is 0.269 e. The average Bonchev–Trinajstić information content (AvgIpc) is 2.99. The molecule has 10 nitrogen and oxygen atoms in total. The summed E-state index contributed by atoms with van der Waals surface area (Å²) < 4.78 is 0. The van der Waals surface area contributed by atoms with Crippen LogP contribution in [0, 0.1) is 20.2 Å². The van der Waals surface area contributed by atoms with Gasteiger partial charge in [0.15, 0.2) is 0 Å². The number of aromatic nitrogens is 1. The standard InChI is InChI=1S/C31H33ClN6O4/c32-25-6-11-29-30(12-16-34-31(29)20-25)33-15-1-17-35-18-13-26(14-19-35)36(21-23-2-7-27(8-3-23)37(39)40)22-24-4-9-28(10-5-24)38(41)42/h2-12,16,20,26H,1,13-15,17-19,21-22H2,(H,33,34). The van der Waals surface area contributed by atoms with E-state index in [9.17, 15) is 20.2 Å². The summed E-state index contributed by atoms with van der Waals surface area (Å²) in [6.07, 6.45) is 4.81. The van der Waals surface area contributed by atoms with Crippen LogP contribution in [0.25, 0.3) is 10.9 Å². The third-order valence-electron chi connectivity index (χ3n) is 7.81. The second-order valence-electron chi connectivity index (χ2n) is 10.6. The monoisotopic (exact) mass is 588 g/mol. The second-order valence-corrected chi connectivity index (χ2v) is 11.1. The predicted octanol–water partition coefficient (Wildman–Crippen LogP) is 6.67. The Balaban J connectivity index is 1.16. The summed E-state index contributed by atoms with van der Waals surface area (Å²) in [5, 5.41) is 27.5. The molecular weight excluding hydrogens is 556 g/mol. The molecular formula is C31H33ClN6O4. The molecule has 1 aliphatic heterocycles. The molecule has 1 aliphatic rings. The Bertz CT molecular complexity index is 1470. The Morgan fingerprint density at radius 3 is 2.05 bits per heavy atom. The van der Waals surface area contributed by atoms with Gasteiger partial charge >= 0.3 is 0 Å². The van der Waals surface area contributed by atoms with E-state index < -0.39 is 0 Å². The van der Waals surface area contributed by atoms with Crippen LogP contribution in [-0.2, 0) is 13.1 Å². The van der Waals surface area contributed by atoms with Crippen LogP contribution in [-0.4, -0.2) is 56.9 Å². The van der Waals surface area contributed by atoms with Crippen LogP contribution in [0.5, 0.6) is 0 Å². The lowest BCUT2D eigenvalue weighted by atomic mass is 10.0. The molecule has 0 radical (unpaired) electrons. The first-order chi connectivity index (χ1) is 20.4. The molecule has 0 aliphatic carbocycles. The lowest BCUT2D eigenvalue weighted by Crippen LogP contribution is -2.44. The van der Waals surface area contributed by atoms with Crippen LogP contribution in [0.2, 0.25) is 5.02 Å². The number of halogens is 1. The molecule has 218 valence electrons. The highest BCUT2D eigenvalue weighted by atomic mass is 35.5. The van der Waals surface area contributed by atoms with Crippen LogP contribution in [0.15, 0.2) is 79.0 Å². The number of likely N-dealkylation sites (tertiary alicyclic amines) is 1. The van der Waals surface area contributed by atoms with Gasteiger partial charge in [-0.1, -0.05) is 35.9 Å². The SMILES string of the molecule is O=[N+]([O-])c1ccc(CN(Cc2ccc([N+](=O)[O-])cc2)C2CCN(CCCNc3ccnc4cc(Cl)ccc34)CC2)cc1. The molecule has 1 fully saturated rings. The number of hydrogen-bond acceptors (Lipinski definition) is 8. The first kappa shape index (κ1) is 29.4. The van der Waals surface area contributed by atoms with Gasteiger partial charge in [0.2, 0.25) is 0 Å². The number of pyridine rings is 1. The topological polar surface area (TPSA) is 118 Å². The quantitative estimate of drug-likeness (QED) is 0.111. The van der Waals surface area contributed by atoms with Crippen molar-refractivity contribution in [2.75, 3.05) is 31.5 Å². The van der Waals surface area contributed by atoms with E-state index in [1.165, 1.54) is 0 Å². The fourth-order valence-electron chi connectivity index (χ4n) is 5.54. The summed E-state index contributed by atoms with van der Waals surface area (Å²) in [5.41, 5.74) is 4.09. The van der Waals surface area contributed by atoms with Crippen LogP contribution < -0.4 is 5.32 Å². The van der Waals surface area contributed by atoms with Gasteiger partial charge in [-0.3, -0.25) is 30.1 Å². The molecule has 1 aromatic heterocycles. The van der Waals surface area contributed by atoms with Crippen molar-refractivity contribution >= 4 is 39.6 Å². The van der Waals surface area contributed by atoms with Crippen molar-refractivity contribution in [2.45, 2.75) is 38.4 Å². The van der Waals surface area contributed by atoms with Gasteiger partial charge in [0.1, 0.15) is 0 Å². The first-order valence-corrected chi connectivity index (χ1v) is 14.4. The molecule has 3 aromatic carbocycles. The normalized spacial score (nSPS) is 14.3. The Morgan fingerprint density at radius 1 is 0.881 bits per heavy atom. The lowest BCUT2D eigenvalue weighted by Gasteiger charge is -2.39. The summed E-state index contributed by atoms with van der Waals surface area (Å²) in [5.74, 6) is 0. The van der Waals surface area contributed by atoms with Gasteiger partial charge in [0, 0.05) is 72.2 Å². The van der Waals surface area contributed by atoms with Gasteiger partial charge in [0.25, 0.3) is 11.4 Å². The van der Waals surface area contributed by atoms with Crippen LogP contribution in [0.4, 0.5) is 17.1 Å². The van der Waals surface area contributed by atoms with E-state index in [-0.39, 0.29) is 21.2 Å². The van der Waals surface area contributed by atoms with Gasteiger partial charge in [0.05, 0.1) is 15.4 Å². The van der Waals surface area contributed by atoms with Crippen molar-refractivity contribution in [3.05, 3.63) is 115 Å². The van der Waals surface area contributed by atoms with E-state index in [2.05, 4.69) is 20.1 Å². The fourth-order valence-corrected chi connectivity index (χ4v) is 5.70. The summed E-state index contributed by atoms with van der Waals surface area (Å²) >= 11 is 6.11. The maximum atomic E-state index is 11.1. The molecule has 1 saturated heterocycles. The maximum absolute atomic E-state index is 11.1. The average molecular weight is 589 g/mol. The number of piperidine rings is 1. The van der Waals surface area contributed by atoms with Gasteiger partial charge < -0.3 is 10.2 Å². The molecule has 1 N–H and O–H groups in total. The highest BCUT2D eigenvalue weighted by Crippen LogP contribution is 2.26. The number of nitro benzene ring substituents is 2. The molecule has 0 amide bonds. The summed E-state index contributed by atoms with van der Waals surface area (Å²) in [4.78, 5) is 30.7. The minimum absolute atomic E-state index is 0.0741. The number of non-ortho nitro benzene ring substituents is 2. The Morgan fingerprint density at radius 2 is 1.48 bits per heavy atom. The molecule has 0 unspecified atom stereocenters. The zero-order valence-electron chi connectivity index (χ0n) is 23.2. The minimum atomic E-state index is -0.390. The Kier molecular flexibility index (Phi) is 9.58. The molecule has 2 heterocycles. The van der Waals surface area contributed by atoms with Crippen molar-refractivity contribution in [1.29, 1.82) is 0 Å². The zero-order chi connectivity index (χ0) is 29.5. The molecule has 4 aromatic rings. The van der Waals surface area contributed by atoms with E-state index in [0.717, 1.165) is 73.2 Å². The molecule has 0 atom stereocenters. The number of hydrogen-bond donors (Lipinski definition) is 1. The summed E-state index contributed by atoms with van der Waals surface area (Å²) in [6.45, 7) is 5.12. The zero-order valence-corrected chi connectivity index (χ0v) is 23.9. The highest BCUT2D eigenvalue weighted by molar-refractivity contribution is 6.31. The van der Waals surface area contributed by atoms with E-state index in [0.29, 0.717) is 24.2 Å². The van der Waals surface area contributed by atoms with Gasteiger partial charge in [-0.2, -0.15) is 0 Å². The van der Waals surface area contributed by atoms with Crippen molar-refractivity contribution in [2.24, 2.45) is 0 Å². The molecule has 42 heavy (non-hydrogen) atoms. The Hall–Kier alpha value is -4.12. The van der Waals surface area contributed by atoms with Crippen molar-refractivity contribution in [1.82, 2.24) is 14.8 Å². The van der Waals surface area contributed by atoms with Crippen molar-refractivity contribution < 1.29 is 9.85 Å². The van der Waals surface area contributed by atoms with Crippen molar-refractivity contribution in [3.8, 4) is 0 Å². The van der Waals surface area contributed by atoms with Gasteiger partial charge in [-0.25, -0.2) is 0 Å². The van der Waals surface area contributed by atoms with Gasteiger partial charge in [-0.15, -0.1) is 0 Å². The smallest absolute Gasteiger partial charge is 0.269 e. The lowest BCUT2D eigenvalue weighted by molar-refractivity contribution is -0.385. The predicted molar refractivity (Wildman–Crippen MR) is 165 cm³/mol. The number of rotatable bonds is 12. The number of nitro groups is 2. The Labute approximate surface area is 249 Å². The summed E-state index contributed by atoms with van der Waals surface area (Å²) in [6, 6.07) is 21.5. The number of fused-ring (bicyclic) bond motifs is 1. The fraction of sp³-hybridized carbons (Fsp3) is 0.323. The third kappa shape index (κ3) is 7.58. The number of nitrogens with one attached hydrogen (secondary N) is 1. The number of anilines is 1. The second kappa shape index (κ2) is 13.7. The van der Waals surface area contributed by atoms with E-state index in [1.54, 1.807) is 30.5 Å². The van der Waals surface area contributed by atoms with E-state index in [4.69, 9.17) is 11.6 Å². The van der Waals surface area contributed by atoms with Crippen molar-refractivity contribution in [3.63, 3.8) is 0 Å². The molecule has 0 bridgehead atoms. The van der Waals surface area contributed by atoms with Gasteiger partial charge in [-0.05, 0) is 74.3 Å². The minimum Gasteiger partial charge on any atom is -0.384 e. The van der Waals surface area contributed by atoms with E-state index in [1.807, 2.05) is 48.5 Å². The number of benzene rings is 3. The third-order valence-corrected chi connectivity index (χ3v) is 8.05.